The Hall–Kier alpha value is -3.27. The largest absolute Gasteiger partial charge is 0.489 e. The smallest absolute Gasteiger partial charge is 0.217 e. The number of benzene rings is 1. The highest BCUT2D eigenvalue weighted by molar-refractivity contribution is 5.73. The zero-order valence-electron chi connectivity index (χ0n) is 17.7. The van der Waals surface area contributed by atoms with Crippen LogP contribution in [0, 0.1) is 11.3 Å². The van der Waals surface area contributed by atoms with Crippen molar-refractivity contribution in [1.29, 1.82) is 5.26 Å². The summed E-state index contributed by atoms with van der Waals surface area (Å²) in [4.78, 5) is 17.7. The maximum Gasteiger partial charge on any atom is 0.217 e. The van der Waals surface area contributed by atoms with E-state index in [1.165, 1.54) is 6.92 Å². The van der Waals surface area contributed by atoms with Crippen molar-refractivity contribution >= 4 is 11.6 Å². The molecule has 7 nitrogen and oxygen atoms in total. The quantitative estimate of drug-likeness (QED) is 0.718. The van der Waals surface area contributed by atoms with Crippen LogP contribution in [0.4, 0.5) is 5.69 Å². The average Bonchev–Trinajstić information content (AvgIpc) is 3.20. The fraction of sp³-hybridized carbons (Fsp3) is 0.435. The highest BCUT2D eigenvalue weighted by Gasteiger charge is 2.26. The van der Waals surface area contributed by atoms with Gasteiger partial charge in [0.2, 0.25) is 11.8 Å². The predicted molar refractivity (Wildman–Crippen MR) is 115 cm³/mol. The molecule has 1 aromatic heterocycles. The van der Waals surface area contributed by atoms with E-state index >= 15 is 0 Å². The van der Waals surface area contributed by atoms with E-state index in [0.717, 1.165) is 36.4 Å². The van der Waals surface area contributed by atoms with Crippen LogP contribution < -0.4 is 19.7 Å². The Morgan fingerprint density at radius 3 is 2.77 bits per heavy atom. The molecule has 1 N–H and O–H groups in total. The van der Waals surface area contributed by atoms with E-state index in [9.17, 15) is 10.1 Å². The zero-order chi connectivity index (χ0) is 21.5. The summed E-state index contributed by atoms with van der Waals surface area (Å²) in [5.74, 6) is 1.23. The lowest BCUT2D eigenvalue weighted by molar-refractivity contribution is -0.119. The van der Waals surface area contributed by atoms with Crippen molar-refractivity contribution in [2.24, 2.45) is 0 Å². The van der Waals surface area contributed by atoms with E-state index in [1.807, 2.05) is 50.2 Å². The van der Waals surface area contributed by atoms with E-state index in [-0.39, 0.29) is 18.1 Å². The van der Waals surface area contributed by atoms with Crippen molar-refractivity contribution in [3.63, 3.8) is 0 Å². The Morgan fingerprint density at radius 2 is 2.10 bits per heavy atom. The van der Waals surface area contributed by atoms with Crippen LogP contribution in [-0.2, 0) is 4.79 Å². The SMILES string of the molecule is CCCOc1ccc(N2CCC(Oc3ccc([C@H](C)NC(C)=O)cc3)C2)c(C#N)n1. The molecule has 0 spiro atoms. The number of carbonyl (C=O) groups is 1. The average molecular weight is 409 g/mol. The fourth-order valence-corrected chi connectivity index (χ4v) is 3.52. The van der Waals surface area contributed by atoms with Crippen LogP contribution in [0.25, 0.3) is 0 Å². The molecule has 1 amide bonds. The first-order valence-corrected chi connectivity index (χ1v) is 10.3. The van der Waals surface area contributed by atoms with Gasteiger partial charge >= 0.3 is 0 Å². The molecule has 30 heavy (non-hydrogen) atoms. The zero-order valence-corrected chi connectivity index (χ0v) is 17.7. The number of nitriles is 1. The Bertz CT molecular complexity index is 908. The van der Waals surface area contributed by atoms with Gasteiger partial charge < -0.3 is 19.7 Å². The summed E-state index contributed by atoms with van der Waals surface area (Å²) in [7, 11) is 0. The summed E-state index contributed by atoms with van der Waals surface area (Å²) < 4.78 is 11.7. The number of carbonyl (C=O) groups excluding carboxylic acids is 1. The topological polar surface area (TPSA) is 87.5 Å². The van der Waals surface area contributed by atoms with Crippen molar-refractivity contribution in [3.8, 4) is 17.7 Å². The van der Waals surface area contributed by atoms with Gasteiger partial charge in [0.1, 0.15) is 17.9 Å². The molecular weight excluding hydrogens is 380 g/mol. The molecular formula is C23H28N4O3. The molecule has 1 aliphatic rings. The first-order chi connectivity index (χ1) is 14.5. The van der Waals surface area contributed by atoms with Crippen molar-refractivity contribution in [2.45, 2.75) is 45.8 Å². The van der Waals surface area contributed by atoms with Gasteiger partial charge in [0.25, 0.3) is 0 Å². The van der Waals surface area contributed by atoms with Crippen molar-refractivity contribution < 1.29 is 14.3 Å². The molecule has 2 heterocycles. The summed E-state index contributed by atoms with van der Waals surface area (Å²) in [6.07, 6.45) is 1.79. The number of aromatic nitrogens is 1. The van der Waals surface area contributed by atoms with Crippen LogP contribution in [0.1, 0.15) is 50.9 Å². The van der Waals surface area contributed by atoms with Crippen LogP contribution in [0.5, 0.6) is 11.6 Å². The van der Waals surface area contributed by atoms with Gasteiger partial charge in [-0.25, -0.2) is 4.98 Å². The van der Waals surface area contributed by atoms with E-state index < -0.39 is 0 Å². The van der Waals surface area contributed by atoms with Crippen LogP contribution in [0.2, 0.25) is 0 Å². The van der Waals surface area contributed by atoms with Crippen molar-refractivity contribution in [2.75, 3.05) is 24.6 Å². The molecule has 1 unspecified atom stereocenters. The summed E-state index contributed by atoms with van der Waals surface area (Å²) >= 11 is 0. The molecule has 2 atom stereocenters. The van der Waals surface area contributed by atoms with Crippen molar-refractivity contribution in [3.05, 3.63) is 47.7 Å². The summed E-state index contributed by atoms with van der Waals surface area (Å²) in [5, 5.41) is 12.4. The van der Waals surface area contributed by atoms with Gasteiger partial charge in [0.05, 0.1) is 24.9 Å². The Kier molecular flexibility index (Phi) is 7.12. The third-order valence-corrected chi connectivity index (χ3v) is 5.00. The first kappa shape index (κ1) is 21.4. The molecule has 158 valence electrons. The minimum Gasteiger partial charge on any atom is -0.489 e. The summed E-state index contributed by atoms with van der Waals surface area (Å²) in [6, 6.07) is 13.6. The molecule has 1 aromatic carbocycles. The van der Waals surface area contributed by atoms with Gasteiger partial charge in [-0.1, -0.05) is 19.1 Å². The molecule has 0 aliphatic carbocycles. The number of hydrogen-bond donors (Lipinski definition) is 1. The minimum absolute atomic E-state index is 0.0335. The first-order valence-electron chi connectivity index (χ1n) is 10.3. The van der Waals surface area contributed by atoms with Crippen molar-refractivity contribution in [1.82, 2.24) is 10.3 Å². The molecule has 3 rings (SSSR count). The van der Waals surface area contributed by atoms with Gasteiger partial charge in [-0.15, -0.1) is 0 Å². The van der Waals surface area contributed by atoms with Gasteiger partial charge in [0.15, 0.2) is 5.69 Å². The molecule has 1 aliphatic heterocycles. The normalized spacial score (nSPS) is 16.6. The molecule has 0 bridgehead atoms. The molecule has 1 saturated heterocycles. The number of nitrogens with zero attached hydrogens (tertiary/aromatic N) is 3. The third kappa shape index (κ3) is 5.41. The number of pyridine rings is 1. The fourth-order valence-electron chi connectivity index (χ4n) is 3.52. The predicted octanol–water partition coefficient (Wildman–Crippen LogP) is 3.60. The highest BCUT2D eigenvalue weighted by atomic mass is 16.5. The van der Waals surface area contributed by atoms with E-state index in [4.69, 9.17) is 9.47 Å². The molecule has 0 saturated carbocycles. The van der Waals surface area contributed by atoms with Crippen LogP contribution in [0.15, 0.2) is 36.4 Å². The van der Waals surface area contributed by atoms with Crippen LogP contribution in [-0.4, -0.2) is 36.7 Å². The Balaban J connectivity index is 1.60. The second kappa shape index (κ2) is 9.97. The Labute approximate surface area is 177 Å². The lowest BCUT2D eigenvalue weighted by Crippen LogP contribution is -2.25. The van der Waals surface area contributed by atoms with E-state index in [0.29, 0.717) is 24.7 Å². The second-order valence-corrected chi connectivity index (χ2v) is 7.44. The summed E-state index contributed by atoms with van der Waals surface area (Å²) in [6.45, 7) is 7.56. The molecule has 2 aromatic rings. The Morgan fingerprint density at radius 1 is 1.33 bits per heavy atom. The number of amides is 1. The maximum absolute atomic E-state index is 11.2. The lowest BCUT2D eigenvalue weighted by atomic mass is 10.1. The number of ether oxygens (including phenoxy) is 2. The molecule has 7 heteroatoms. The molecule has 0 radical (unpaired) electrons. The highest BCUT2D eigenvalue weighted by Crippen LogP contribution is 2.28. The number of nitrogens with one attached hydrogen (secondary N) is 1. The van der Waals surface area contributed by atoms with Crippen LogP contribution >= 0.6 is 0 Å². The second-order valence-electron chi connectivity index (χ2n) is 7.44. The number of anilines is 1. The third-order valence-electron chi connectivity index (χ3n) is 5.00. The maximum atomic E-state index is 11.2. The van der Waals surface area contributed by atoms with Gasteiger partial charge in [-0.3, -0.25) is 4.79 Å². The van der Waals surface area contributed by atoms with Gasteiger partial charge in [-0.2, -0.15) is 5.26 Å². The lowest BCUT2D eigenvalue weighted by Gasteiger charge is -2.20. The van der Waals surface area contributed by atoms with Crippen LogP contribution in [0.3, 0.4) is 0 Å². The number of rotatable bonds is 8. The van der Waals surface area contributed by atoms with E-state index in [1.54, 1.807) is 0 Å². The monoisotopic (exact) mass is 408 g/mol. The number of hydrogen-bond acceptors (Lipinski definition) is 6. The van der Waals surface area contributed by atoms with E-state index in [2.05, 4.69) is 21.3 Å². The summed E-state index contributed by atoms with van der Waals surface area (Å²) in [5.41, 5.74) is 2.22. The molecule has 1 fully saturated rings. The van der Waals surface area contributed by atoms with Gasteiger partial charge in [0, 0.05) is 26.0 Å². The standard InChI is InChI=1S/C23H28N4O3/c1-4-13-29-23-10-9-22(21(14-24)26-23)27-12-11-20(15-27)30-19-7-5-18(6-8-19)16(2)25-17(3)28/h5-10,16,20H,4,11-13,15H2,1-3H3,(H,25,28)/t16-,20?/m0/s1. The minimum atomic E-state index is -0.0509. The van der Waals surface area contributed by atoms with Gasteiger partial charge in [-0.05, 0) is 37.1 Å².